The van der Waals surface area contributed by atoms with Gasteiger partial charge in [0.25, 0.3) is 0 Å². The fraction of sp³-hybridized carbons (Fsp3) is 0.500. The van der Waals surface area contributed by atoms with Crippen molar-refractivity contribution in [1.29, 1.82) is 0 Å². The van der Waals surface area contributed by atoms with Crippen molar-refractivity contribution in [1.82, 2.24) is 9.80 Å². The molecule has 5 rings (SSSR count). The number of hydrogen-bond donors (Lipinski definition) is 0. The summed E-state index contributed by atoms with van der Waals surface area (Å²) in [6.45, 7) is 9.89. The van der Waals surface area contributed by atoms with Crippen LogP contribution in [0.2, 0.25) is 0 Å². The molecule has 5 nitrogen and oxygen atoms in total. The van der Waals surface area contributed by atoms with Gasteiger partial charge in [-0.1, -0.05) is 61.0 Å². The quantitative estimate of drug-likeness (QED) is 0.688. The van der Waals surface area contributed by atoms with Crippen molar-refractivity contribution in [2.75, 3.05) is 6.54 Å². The predicted molar refractivity (Wildman–Crippen MR) is 126 cm³/mol. The highest BCUT2D eigenvalue weighted by Gasteiger charge is 2.52. The van der Waals surface area contributed by atoms with Gasteiger partial charge in [0, 0.05) is 13.1 Å². The van der Waals surface area contributed by atoms with Crippen LogP contribution in [0.25, 0.3) is 0 Å². The molecule has 0 radical (unpaired) electrons. The molecular formula is C26H33BN2O3. The van der Waals surface area contributed by atoms with Crippen LogP contribution in [0.1, 0.15) is 64.3 Å². The van der Waals surface area contributed by atoms with Crippen molar-refractivity contribution in [3.63, 3.8) is 0 Å². The van der Waals surface area contributed by atoms with Gasteiger partial charge >= 0.3 is 7.12 Å². The smallest absolute Gasteiger partial charge is 0.399 e. The van der Waals surface area contributed by atoms with Crippen LogP contribution >= 0.6 is 0 Å². The van der Waals surface area contributed by atoms with Gasteiger partial charge in [-0.05, 0) is 57.1 Å². The van der Waals surface area contributed by atoms with E-state index in [0.717, 1.165) is 36.8 Å². The molecule has 6 heteroatoms. The lowest BCUT2D eigenvalue weighted by Gasteiger charge is -2.34. The lowest BCUT2D eigenvalue weighted by molar-refractivity contribution is -0.131. The summed E-state index contributed by atoms with van der Waals surface area (Å²) in [6.07, 6.45) is 3.19. The van der Waals surface area contributed by atoms with E-state index in [9.17, 15) is 4.79 Å². The van der Waals surface area contributed by atoms with Gasteiger partial charge in [-0.2, -0.15) is 0 Å². The maximum Gasteiger partial charge on any atom is 0.494 e. The molecule has 1 amide bonds. The second kappa shape index (κ2) is 8.01. The fourth-order valence-electron chi connectivity index (χ4n) is 5.12. The number of fused-ring (bicyclic) bond motifs is 1. The van der Waals surface area contributed by atoms with E-state index in [0.29, 0.717) is 6.54 Å². The Kier molecular flexibility index (Phi) is 5.43. The zero-order valence-corrected chi connectivity index (χ0v) is 19.6. The summed E-state index contributed by atoms with van der Waals surface area (Å²) in [5.74, 6) is 0.258. The van der Waals surface area contributed by atoms with E-state index >= 15 is 0 Å². The highest BCUT2D eigenvalue weighted by Crippen LogP contribution is 2.40. The molecule has 0 N–H and O–H groups in total. The maximum absolute atomic E-state index is 13.4. The molecule has 3 aliphatic rings. The molecule has 0 aromatic heterocycles. The average molecular weight is 432 g/mol. The lowest BCUT2D eigenvalue weighted by Crippen LogP contribution is -2.41. The molecule has 1 unspecified atom stereocenters. The van der Waals surface area contributed by atoms with Gasteiger partial charge < -0.3 is 14.2 Å². The molecule has 2 atom stereocenters. The predicted octanol–water partition coefficient (Wildman–Crippen LogP) is 3.88. The summed E-state index contributed by atoms with van der Waals surface area (Å²) in [7, 11) is -0.373. The number of carbonyl (C=O) groups is 1. The van der Waals surface area contributed by atoms with Gasteiger partial charge in [0.1, 0.15) is 6.17 Å². The maximum atomic E-state index is 13.4. The Morgan fingerprint density at radius 1 is 0.938 bits per heavy atom. The Labute approximate surface area is 191 Å². The number of piperidine rings is 1. The molecule has 32 heavy (non-hydrogen) atoms. The Bertz CT molecular complexity index is 960. The standard InChI is InChI=1S/C26H33BN2O3/c1-25(2)26(3,4)32-27(31-25)21-15-13-20(14-16-21)23-28-17-9-8-12-22(28)24(30)29(23)18-19-10-6-5-7-11-19/h5-7,10-11,13-16,22-23H,8-9,12,17-18H2,1-4H3/t22?,23-/m0/s1. The first kappa shape index (κ1) is 21.7. The third-order valence-electron chi connectivity index (χ3n) is 7.68. The molecular weight excluding hydrogens is 399 g/mol. The van der Waals surface area contributed by atoms with Crippen LogP contribution in [0.5, 0.6) is 0 Å². The first-order chi connectivity index (χ1) is 15.3. The van der Waals surface area contributed by atoms with E-state index in [-0.39, 0.29) is 36.4 Å². The summed E-state index contributed by atoms with van der Waals surface area (Å²) in [4.78, 5) is 17.9. The minimum atomic E-state index is -0.373. The van der Waals surface area contributed by atoms with Gasteiger partial charge in [0.05, 0.1) is 17.2 Å². The molecule has 0 saturated carbocycles. The van der Waals surface area contributed by atoms with Crippen molar-refractivity contribution >= 4 is 18.5 Å². The third kappa shape index (κ3) is 3.68. The van der Waals surface area contributed by atoms with Crippen LogP contribution in [0.4, 0.5) is 0 Å². The minimum Gasteiger partial charge on any atom is -0.399 e. The Hall–Kier alpha value is -2.15. The molecule has 3 aliphatic heterocycles. The molecule has 2 aromatic rings. The monoisotopic (exact) mass is 432 g/mol. The van der Waals surface area contributed by atoms with Crippen LogP contribution in [0.15, 0.2) is 54.6 Å². The normalized spacial score (nSPS) is 27.1. The van der Waals surface area contributed by atoms with Crippen LogP contribution in [0, 0.1) is 0 Å². The van der Waals surface area contributed by atoms with Crippen LogP contribution < -0.4 is 5.46 Å². The van der Waals surface area contributed by atoms with Gasteiger partial charge in [0.15, 0.2) is 0 Å². The van der Waals surface area contributed by atoms with Crippen molar-refractivity contribution in [2.45, 2.75) is 76.9 Å². The second-order valence-corrected chi connectivity index (χ2v) is 10.3. The lowest BCUT2D eigenvalue weighted by atomic mass is 9.78. The molecule has 168 valence electrons. The summed E-state index contributed by atoms with van der Waals surface area (Å²) in [5.41, 5.74) is 2.61. The van der Waals surface area contributed by atoms with Crippen molar-refractivity contribution in [3.8, 4) is 0 Å². The first-order valence-electron chi connectivity index (χ1n) is 11.8. The zero-order chi connectivity index (χ0) is 22.5. The molecule has 2 aromatic carbocycles. The van der Waals surface area contributed by atoms with Crippen molar-refractivity contribution < 1.29 is 14.1 Å². The van der Waals surface area contributed by atoms with Crippen LogP contribution in [-0.4, -0.2) is 46.6 Å². The summed E-state index contributed by atoms with van der Waals surface area (Å²) >= 11 is 0. The van der Waals surface area contributed by atoms with E-state index in [1.54, 1.807) is 0 Å². The second-order valence-electron chi connectivity index (χ2n) is 10.3. The number of nitrogens with zero attached hydrogens (tertiary/aromatic N) is 2. The van der Waals surface area contributed by atoms with Crippen LogP contribution in [-0.2, 0) is 20.6 Å². The van der Waals surface area contributed by atoms with E-state index in [1.807, 2.05) is 18.2 Å². The largest absolute Gasteiger partial charge is 0.494 e. The first-order valence-corrected chi connectivity index (χ1v) is 11.8. The molecule has 0 aliphatic carbocycles. The number of carbonyl (C=O) groups excluding carboxylic acids is 1. The summed E-state index contributed by atoms with van der Waals surface area (Å²) in [6, 6.07) is 18.8. The van der Waals surface area contributed by atoms with Gasteiger partial charge in [0.2, 0.25) is 5.91 Å². The topological polar surface area (TPSA) is 42.0 Å². The van der Waals surface area contributed by atoms with Gasteiger partial charge in [-0.3, -0.25) is 9.69 Å². The summed E-state index contributed by atoms with van der Waals surface area (Å²) < 4.78 is 12.4. The van der Waals surface area contributed by atoms with Gasteiger partial charge in [-0.25, -0.2) is 0 Å². The zero-order valence-electron chi connectivity index (χ0n) is 19.6. The minimum absolute atomic E-state index is 0.000218. The Morgan fingerprint density at radius 3 is 2.25 bits per heavy atom. The van der Waals surface area contributed by atoms with E-state index < -0.39 is 0 Å². The molecule has 0 bridgehead atoms. The fourth-order valence-corrected chi connectivity index (χ4v) is 5.12. The molecule has 0 spiro atoms. The number of benzene rings is 2. The molecule has 3 heterocycles. The van der Waals surface area contributed by atoms with Crippen LogP contribution in [0.3, 0.4) is 0 Å². The van der Waals surface area contributed by atoms with Crippen molar-refractivity contribution in [3.05, 3.63) is 65.7 Å². The van der Waals surface area contributed by atoms with E-state index in [2.05, 4.69) is 73.9 Å². The third-order valence-corrected chi connectivity index (χ3v) is 7.68. The molecule has 3 saturated heterocycles. The van der Waals surface area contributed by atoms with Crippen molar-refractivity contribution in [2.24, 2.45) is 0 Å². The molecule has 3 fully saturated rings. The van der Waals surface area contributed by atoms with Gasteiger partial charge in [-0.15, -0.1) is 0 Å². The van der Waals surface area contributed by atoms with E-state index in [1.165, 1.54) is 5.56 Å². The van der Waals surface area contributed by atoms with E-state index in [4.69, 9.17) is 9.31 Å². The highest BCUT2D eigenvalue weighted by atomic mass is 16.7. The number of amides is 1. The number of hydrogen-bond acceptors (Lipinski definition) is 4. The summed E-state index contributed by atoms with van der Waals surface area (Å²) in [5, 5.41) is 0. The number of rotatable bonds is 4. The SMILES string of the molecule is CC1(C)OB(c2ccc([C@@H]3N(Cc4ccccc4)C(=O)C4CCCCN43)cc2)OC1(C)C. The average Bonchev–Trinajstić information content (AvgIpc) is 3.18. The Balaban J connectivity index is 1.43. The highest BCUT2D eigenvalue weighted by molar-refractivity contribution is 6.62. The Morgan fingerprint density at radius 2 is 1.59 bits per heavy atom.